The molecule has 37 heavy (non-hydrogen) atoms. The zero-order chi connectivity index (χ0) is 26.6. The van der Waals surface area contributed by atoms with Crippen LogP contribution < -0.4 is 23.8 Å². The van der Waals surface area contributed by atoms with Gasteiger partial charge in [0.25, 0.3) is 0 Å². The molecule has 0 spiro atoms. The first-order valence-corrected chi connectivity index (χ1v) is 13.9. The molecule has 4 rings (SSSR count). The zero-order valence-corrected chi connectivity index (χ0v) is 23.5. The van der Waals surface area contributed by atoms with E-state index in [0.29, 0.717) is 71.8 Å². The van der Waals surface area contributed by atoms with Gasteiger partial charge in [0, 0.05) is 36.2 Å². The summed E-state index contributed by atoms with van der Waals surface area (Å²) in [6.45, 7) is 3.80. The van der Waals surface area contributed by atoms with Crippen molar-refractivity contribution in [3.8, 4) is 34.3 Å². The Morgan fingerprint density at radius 3 is 2.08 bits per heavy atom. The van der Waals surface area contributed by atoms with Crippen LogP contribution in [0.5, 0.6) is 23.0 Å². The van der Waals surface area contributed by atoms with E-state index in [1.165, 1.54) is 4.31 Å². The molecule has 1 aliphatic rings. The SMILES string of the molecule is CCOc1ccc(Br)cc1S(=O)(=O)N1CCN(c2ccc(-c3cc(OC)c(OC)c(OC)c3)nn2)CC1. The highest BCUT2D eigenvalue weighted by Crippen LogP contribution is 2.41. The summed E-state index contributed by atoms with van der Waals surface area (Å²) < 4.78 is 50.7. The Morgan fingerprint density at radius 1 is 0.865 bits per heavy atom. The summed E-state index contributed by atoms with van der Waals surface area (Å²) in [6.07, 6.45) is 0. The number of ether oxygens (including phenoxy) is 4. The zero-order valence-electron chi connectivity index (χ0n) is 21.1. The Morgan fingerprint density at radius 2 is 1.54 bits per heavy atom. The summed E-state index contributed by atoms with van der Waals surface area (Å²) in [6, 6.07) is 12.4. The summed E-state index contributed by atoms with van der Waals surface area (Å²) in [5.74, 6) is 2.57. The van der Waals surface area contributed by atoms with Gasteiger partial charge in [-0.15, -0.1) is 10.2 Å². The van der Waals surface area contributed by atoms with Gasteiger partial charge in [0.2, 0.25) is 15.8 Å². The molecule has 0 saturated carbocycles. The van der Waals surface area contributed by atoms with E-state index < -0.39 is 10.0 Å². The normalized spacial score (nSPS) is 14.4. The van der Waals surface area contributed by atoms with Crippen LogP contribution >= 0.6 is 15.9 Å². The van der Waals surface area contributed by atoms with E-state index in [-0.39, 0.29) is 4.90 Å². The van der Waals surface area contributed by atoms with E-state index >= 15 is 0 Å². The van der Waals surface area contributed by atoms with Gasteiger partial charge < -0.3 is 23.8 Å². The second-order valence-corrected chi connectivity index (χ2v) is 10.9. The van der Waals surface area contributed by atoms with Crippen molar-refractivity contribution in [3.63, 3.8) is 0 Å². The second-order valence-electron chi connectivity index (χ2n) is 8.11. The molecule has 1 aromatic heterocycles. The van der Waals surface area contributed by atoms with Crippen LogP contribution in [0.25, 0.3) is 11.3 Å². The van der Waals surface area contributed by atoms with Crippen LogP contribution in [0, 0.1) is 0 Å². The molecular formula is C25H29BrN4O6S. The number of hydrogen-bond donors (Lipinski definition) is 0. The van der Waals surface area contributed by atoms with Crippen LogP contribution in [0.3, 0.4) is 0 Å². The fraction of sp³-hybridized carbons (Fsp3) is 0.360. The average molecular weight is 594 g/mol. The number of piperazine rings is 1. The van der Waals surface area contributed by atoms with Gasteiger partial charge in [-0.05, 0) is 49.4 Å². The first-order valence-electron chi connectivity index (χ1n) is 11.6. The predicted molar refractivity (Wildman–Crippen MR) is 143 cm³/mol. The van der Waals surface area contributed by atoms with Crippen LogP contribution in [0.15, 0.2) is 51.8 Å². The van der Waals surface area contributed by atoms with Crippen molar-refractivity contribution in [2.75, 3.05) is 59.0 Å². The third-order valence-electron chi connectivity index (χ3n) is 6.00. The number of anilines is 1. The Labute approximate surface area is 225 Å². The van der Waals surface area contributed by atoms with Crippen LogP contribution in [-0.2, 0) is 10.0 Å². The first-order chi connectivity index (χ1) is 17.8. The molecule has 0 unspecified atom stereocenters. The molecule has 0 atom stereocenters. The standard InChI is InChI=1S/C25H29BrN4O6S/c1-5-36-20-8-6-18(26)16-23(20)37(31,32)30-12-10-29(11-13-30)24-9-7-19(27-28-24)17-14-21(33-2)25(35-4)22(15-17)34-3/h6-9,14-16H,5,10-13H2,1-4H3. The van der Waals surface area contributed by atoms with E-state index in [0.717, 1.165) is 5.56 Å². The van der Waals surface area contributed by atoms with Gasteiger partial charge >= 0.3 is 0 Å². The molecule has 2 heterocycles. The summed E-state index contributed by atoms with van der Waals surface area (Å²) in [5.41, 5.74) is 1.41. The molecule has 0 amide bonds. The quantitative estimate of drug-likeness (QED) is 0.366. The predicted octanol–water partition coefficient (Wildman–Crippen LogP) is 3.84. The van der Waals surface area contributed by atoms with E-state index in [9.17, 15) is 8.42 Å². The Bertz CT molecular complexity index is 1320. The van der Waals surface area contributed by atoms with Gasteiger partial charge in [0.15, 0.2) is 17.3 Å². The van der Waals surface area contributed by atoms with Crippen molar-refractivity contribution in [1.82, 2.24) is 14.5 Å². The molecule has 0 N–H and O–H groups in total. The largest absolute Gasteiger partial charge is 0.493 e. The van der Waals surface area contributed by atoms with E-state index in [4.69, 9.17) is 18.9 Å². The number of rotatable bonds is 9. The lowest BCUT2D eigenvalue weighted by molar-refractivity contribution is 0.324. The smallest absolute Gasteiger partial charge is 0.246 e. The number of hydrogen-bond acceptors (Lipinski definition) is 9. The molecule has 198 valence electrons. The fourth-order valence-electron chi connectivity index (χ4n) is 4.13. The van der Waals surface area contributed by atoms with Gasteiger partial charge in [0.05, 0.1) is 33.6 Å². The fourth-order valence-corrected chi connectivity index (χ4v) is 6.22. The van der Waals surface area contributed by atoms with Crippen LogP contribution in [0.1, 0.15) is 6.92 Å². The molecule has 2 aromatic carbocycles. The highest BCUT2D eigenvalue weighted by atomic mass is 79.9. The molecule has 0 bridgehead atoms. The molecule has 3 aromatic rings. The van der Waals surface area contributed by atoms with Gasteiger partial charge in [-0.1, -0.05) is 15.9 Å². The number of halogens is 1. The Balaban J connectivity index is 1.49. The summed E-state index contributed by atoms with van der Waals surface area (Å²) >= 11 is 3.37. The molecular weight excluding hydrogens is 564 g/mol. The summed E-state index contributed by atoms with van der Waals surface area (Å²) in [4.78, 5) is 2.18. The number of nitrogens with zero attached hydrogens (tertiary/aromatic N) is 4. The van der Waals surface area contributed by atoms with Crippen LogP contribution in [0.4, 0.5) is 5.82 Å². The highest BCUT2D eigenvalue weighted by Gasteiger charge is 2.31. The molecule has 1 fully saturated rings. The van der Waals surface area contributed by atoms with Gasteiger partial charge in [-0.2, -0.15) is 4.31 Å². The minimum atomic E-state index is -3.72. The van der Waals surface area contributed by atoms with Gasteiger partial charge in [-0.3, -0.25) is 0 Å². The summed E-state index contributed by atoms with van der Waals surface area (Å²) in [5, 5.41) is 8.79. The minimum Gasteiger partial charge on any atom is -0.493 e. The van der Waals surface area contributed by atoms with Gasteiger partial charge in [-0.25, -0.2) is 8.42 Å². The average Bonchev–Trinajstić information content (AvgIpc) is 2.93. The van der Waals surface area contributed by atoms with Crippen LogP contribution in [0.2, 0.25) is 0 Å². The minimum absolute atomic E-state index is 0.159. The van der Waals surface area contributed by atoms with E-state index in [1.54, 1.807) is 39.5 Å². The van der Waals surface area contributed by atoms with Crippen molar-refractivity contribution in [2.24, 2.45) is 0 Å². The van der Waals surface area contributed by atoms with Crippen molar-refractivity contribution < 1.29 is 27.4 Å². The van der Waals surface area contributed by atoms with Crippen molar-refractivity contribution >= 4 is 31.8 Å². The lowest BCUT2D eigenvalue weighted by atomic mass is 10.1. The highest BCUT2D eigenvalue weighted by molar-refractivity contribution is 9.10. The maximum Gasteiger partial charge on any atom is 0.246 e. The van der Waals surface area contributed by atoms with Crippen molar-refractivity contribution in [1.29, 1.82) is 0 Å². The topological polar surface area (TPSA) is 103 Å². The molecule has 1 saturated heterocycles. The number of aromatic nitrogens is 2. The monoisotopic (exact) mass is 592 g/mol. The van der Waals surface area contributed by atoms with Crippen molar-refractivity contribution in [3.05, 3.63) is 46.9 Å². The maximum absolute atomic E-state index is 13.4. The Hall–Kier alpha value is -3.09. The molecule has 12 heteroatoms. The first kappa shape index (κ1) is 27.0. The third kappa shape index (κ3) is 5.60. The molecule has 0 radical (unpaired) electrons. The lowest BCUT2D eigenvalue weighted by Crippen LogP contribution is -2.49. The lowest BCUT2D eigenvalue weighted by Gasteiger charge is -2.34. The molecule has 10 nitrogen and oxygen atoms in total. The van der Waals surface area contributed by atoms with E-state index in [2.05, 4.69) is 26.1 Å². The number of sulfonamides is 1. The Kier molecular flexibility index (Phi) is 8.40. The van der Waals surface area contributed by atoms with Gasteiger partial charge in [0.1, 0.15) is 10.6 Å². The van der Waals surface area contributed by atoms with Crippen LogP contribution in [-0.4, -0.2) is 77.0 Å². The third-order valence-corrected chi connectivity index (χ3v) is 8.41. The molecule has 0 aliphatic carbocycles. The van der Waals surface area contributed by atoms with E-state index in [1.807, 2.05) is 36.1 Å². The van der Waals surface area contributed by atoms with Crippen molar-refractivity contribution in [2.45, 2.75) is 11.8 Å². The maximum atomic E-state index is 13.4. The number of methoxy groups -OCH3 is 3. The second kappa shape index (κ2) is 11.5. The molecule has 1 aliphatic heterocycles. The number of benzene rings is 2. The summed E-state index contributed by atoms with van der Waals surface area (Å²) in [7, 11) is 0.948.